The lowest BCUT2D eigenvalue weighted by molar-refractivity contribution is 0.261. The Morgan fingerprint density at radius 2 is 2.11 bits per heavy atom. The van der Waals surface area contributed by atoms with Crippen molar-refractivity contribution < 1.29 is 13.6 Å². The topological polar surface area (TPSA) is 70.1 Å². The molecule has 2 N–H and O–H groups in total. The number of carbonyl (C=O) groups is 1. The van der Waals surface area contributed by atoms with E-state index >= 15 is 0 Å². The van der Waals surface area contributed by atoms with Crippen LogP contribution in [0.1, 0.15) is 5.82 Å². The van der Waals surface area contributed by atoms with Gasteiger partial charge in [-0.1, -0.05) is 11.8 Å². The van der Waals surface area contributed by atoms with Gasteiger partial charge >= 0.3 is 0 Å². The molecule has 0 radical (unpaired) electrons. The lowest BCUT2D eigenvalue weighted by atomic mass is 10.3. The van der Waals surface area contributed by atoms with E-state index in [0.29, 0.717) is 17.3 Å². The summed E-state index contributed by atoms with van der Waals surface area (Å²) < 4.78 is 26.5. The molecule has 0 aliphatic carbocycles. The molecule has 3 rings (SSSR count). The van der Waals surface area contributed by atoms with Crippen LogP contribution in [0, 0.1) is 11.6 Å². The van der Waals surface area contributed by atoms with E-state index in [1.54, 1.807) is 0 Å². The molecule has 1 aromatic carbocycles. The molecule has 0 unspecified atom stereocenters. The van der Waals surface area contributed by atoms with Crippen LogP contribution < -0.4 is 5.43 Å². The number of fused-ring (bicyclic) bond motifs is 1. The maximum Gasteiger partial charge on any atom is 0.299 e. The fourth-order valence-electron chi connectivity index (χ4n) is 1.61. The van der Waals surface area contributed by atoms with Gasteiger partial charge in [-0.05, 0) is 6.07 Å². The van der Waals surface area contributed by atoms with Crippen LogP contribution in [-0.4, -0.2) is 26.7 Å². The van der Waals surface area contributed by atoms with Crippen LogP contribution in [-0.2, 0) is 0 Å². The van der Waals surface area contributed by atoms with E-state index in [4.69, 9.17) is 0 Å². The summed E-state index contributed by atoms with van der Waals surface area (Å²) in [6.07, 6.45) is 0. The number of hydrogen-bond donors (Lipinski definition) is 2. The molecule has 1 aliphatic rings. The number of thioether (sulfide) groups is 1. The first kappa shape index (κ1) is 13.8. The van der Waals surface area contributed by atoms with Crippen LogP contribution in [0.2, 0.25) is 0 Å². The first-order chi connectivity index (χ1) is 8.63. The Labute approximate surface area is 116 Å². The molecular weight excluding hydrogens is 298 g/mol. The number of aromatic amines is 1. The average molecular weight is 305 g/mol. The van der Waals surface area contributed by atoms with Crippen molar-refractivity contribution in [3.8, 4) is 0 Å². The summed E-state index contributed by atoms with van der Waals surface area (Å²) in [5, 5.41) is 3.56. The molecule has 0 saturated carbocycles. The average Bonchev–Trinajstić information content (AvgIpc) is 2.74. The molecule has 0 spiro atoms. The first-order valence-corrected chi connectivity index (χ1v) is 5.96. The van der Waals surface area contributed by atoms with Gasteiger partial charge in [-0.2, -0.15) is 5.10 Å². The number of carbonyl (C=O) groups excluding carboxylic acids is 1. The predicted octanol–water partition coefficient (Wildman–Crippen LogP) is 2.42. The van der Waals surface area contributed by atoms with Crippen molar-refractivity contribution in [1.82, 2.24) is 15.4 Å². The van der Waals surface area contributed by atoms with E-state index in [2.05, 4.69) is 20.5 Å². The zero-order valence-corrected chi connectivity index (χ0v) is 10.9. The number of nitrogens with zero attached hydrogens (tertiary/aromatic N) is 2. The third-order valence-corrected chi connectivity index (χ3v) is 3.17. The van der Waals surface area contributed by atoms with Gasteiger partial charge < -0.3 is 4.98 Å². The number of nitrogens with one attached hydrogen (secondary N) is 2. The third kappa shape index (κ3) is 2.54. The fraction of sp³-hybridized carbons (Fsp3) is 0.100. The molecule has 9 heteroatoms. The molecule has 100 valence electrons. The molecule has 19 heavy (non-hydrogen) atoms. The molecule has 1 aromatic heterocycles. The minimum absolute atomic E-state index is 0. The van der Waals surface area contributed by atoms with Gasteiger partial charge in [0.05, 0.1) is 11.3 Å². The maximum atomic E-state index is 13.5. The Morgan fingerprint density at radius 1 is 1.32 bits per heavy atom. The normalized spacial score (nSPS) is 14.8. The van der Waals surface area contributed by atoms with E-state index in [1.165, 1.54) is 0 Å². The van der Waals surface area contributed by atoms with E-state index in [9.17, 15) is 13.6 Å². The summed E-state index contributed by atoms with van der Waals surface area (Å²) in [7, 11) is 0. The number of rotatable bonds is 1. The highest BCUT2D eigenvalue weighted by Crippen LogP contribution is 2.19. The molecule has 1 aliphatic heterocycles. The Bertz CT molecular complexity index is 687. The number of H-pyrrole nitrogens is 1. The van der Waals surface area contributed by atoms with E-state index < -0.39 is 11.6 Å². The number of benzene rings is 1. The van der Waals surface area contributed by atoms with E-state index in [-0.39, 0.29) is 28.7 Å². The highest BCUT2D eigenvalue weighted by molar-refractivity contribution is 8.14. The molecule has 2 aromatic rings. The molecule has 0 bridgehead atoms. The van der Waals surface area contributed by atoms with Crippen molar-refractivity contribution >= 4 is 46.2 Å². The summed E-state index contributed by atoms with van der Waals surface area (Å²) in [5.74, 6) is -0.762. The lowest BCUT2D eigenvalue weighted by Crippen LogP contribution is -2.24. The van der Waals surface area contributed by atoms with Crippen LogP contribution in [0.5, 0.6) is 0 Å². The number of amides is 1. The quantitative estimate of drug-likeness (QED) is 0.850. The number of hydrazone groups is 1. The summed E-state index contributed by atoms with van der Waals surface area (Å²) in [4.78, 5) is 17.7. The van der Waals surface area contributed by atoms with Crippen LogP contribution in [0.3, 0.4) is 0 Å². The number of hydrogen-bond acceptors (Lipinski definition) is 4. The smallest absolute Gasteiger partial charge is 0.299 e. The van der Waals surface area contributed by atoms with Crippen LogP contribution >= 0.6 is 24.2 Å². The largest absolute Gasteiger partial charge is 0.337 e. The number of imidazole rings is 1. The van der Waals surface area contributed by atoms with Crippen molar-refractivity contribution in [2.24, 2.45) is 5.10 Å². The Kier molecular flexibility index (Phi) is 3.72. The van der Waals surface area contributed by atoms with Gasteiger partial charge in [-0.15, -0.1) is 12.4 Å². The molecule has 0 fully saturated rings. The van der Waals surface area contributed by atoms with Gasteiger partial charge in [-0.25, -0.2) is 19.2 Å². The molecule has 2 heterocycles. The fourth-order valence-corrected chi connectivity index (χ4v) is 2.19. The molecule has 1 amide bonds. The minimum Gasteiger partial charge on any atom is -0.337 e. The van der Waals surface area contributed by atoms with Crippen molar-refractivity contribution in [2.45, 2.75) is 0 Å². The summed E-state index contributed by atoms with van der Waals surface area (Å²) in [6.45, 7) is 0. The Morgan fingerprint density at radius 3 is 2.79 bits per heavy atom. The van der Waals surface area contributed by atoms with E-state index in [0.717, 1.165) is 23.9 Å². The maximum absolute atomic E-state index is 13.5. The zero-order chi connectivity index (χ0) is 12.7. The van der Waals surface area contributed by atoms with Gasteiger partial charge in [0.15, 0.2) is 11.6 Å². The van der Waals surface area contributed by atoms with Gasteiger partial charge in [-0.3, -0.25) is 4.79 Å². The highest BCUT2D eigenvalue weighted by atomic mass is 35.5. The highest BCUT2D eigenvalue weighted by Gasteiger charge is 2.18. The van der Waals surface area contributed by atoms with Gasteiger partial charge in [0.25, 0.3) is 5.24 Å². The van der Waals surface area contributed by atoms with Gasteiger partial charge in [0.1, 0.15) is 17.0 Å². The Balaban J connectivity index is 0.00000133. The number of aromatic nitrogens is 2. The second kappa shape index (κ2) is 5.14. The lowest BCUT2D eigenvalue weighted by Gasteiger charge is -2.08. The second-order valence-corrected chi connectivity index (χ2v) is 4.56. The van der Waals surface area contributed by atoms with Crippen LogP contribution in [0.15, 0.2) is 17.2 Å². The van der Waals surface area contributed by atoms with Crippen molar-refractivity contribution in [3.63, 3.8) is 0 Å². The van der Waals surface area contributed by atoms with Crippen LogP contribution in [0.4, 0.5) is 13.6 Å². The van der Waals surface area contributed by atoms with Crippen molar-refractivity contribution in [2.75, 3.05) is 5.75 Å². The number of halogens is 3. The standard InChI is InChI=1S/C10H6F2N4OS.ClH/c11-4-1-5(12)8-6(2-4)13-9(14-8)7-3-18-10(17)16-15-7;/h1-2H,3H2,(H,13,14)(H,16,17);1H. The zero-order valence-electron chi connectivity index (χ0n) is 9.24. The minimum atomic E-state index is -0.736. The Hall–Kier alpha value is -1.67. The van der Waals surface area contributed by atoms with Crippen molar-refractivity contribution in [3.05, 3.63) is 29.6 Å². The monoisotopic (exact) mass is 304 g/mol. The predicted molar refractivity (Wildman–Crippen MR) is 70.8 cm³/mol. The first-order valence-electron chi connectivity index (χ1n) is 4.98. The molecular formula is C10H7ClF2N4OS. The molecule has 0 saturated heterocycles. The third-order valence-electron chi connectivity index (χ3n) is 2.40. The molecule has 0 atom stereocenters. The molecule has 5 nitrogen and oxygen atoms in total. The summed E-state index contributed by atoms with van der Waals surface area (Å²) in [6, 6.07) is 1.93. The summed E-state index contributed by atoms with van der Waals surface area (Å²) >= 11 is 1.03. The second-order valence-electron chi connectivity index (χ2n) is 3.62. The van der Waals surface area contributed by atoms with Gasteiger partial charge in [0, 0.05) is 6.07 Å². The van der Waals surface area contributed by atoms with E-state index in [1.807, 2.05) is 0 Å². The van der Waals surface area contributed by atoms with Gasteiger partial charge in [0.2, 0.25) is 0 Å². The summed E-state index contributed by atoms with van der Waals surface area (Å²) in [5.41, 5.74) is 3.08. The van der Waals surface area contributed by atoms with Crippen molar-refractivity contribution in [1.29, 1.82) is 0 Å². The van der Waals surface area contributed by atoms with Crippen LogP contribution in [0.25, 0.3) is 11.0 Å². The SMILES string of the molecule is Cl.O=C1NN=C(c2nc3c(F)cc(F)cc3[nH]2)CS1.